The van der Waals surface area contributed by atoms with E-state index in [9.17, 15) is 4.79 Å². The third-order valence-corrected chi connectivity index (χ3v) is 2.87. The minimum Gasteiger partial charge on any atom is -0.497 e. The Morgan fingerprint density at radius 2 is 2.05 bits per heavy atom. The molecule has 0 aliphatic rings. The van der Waals surface area contributed by atoms with Crippen LogP contribution in [-0.4, -0.2) is 46.4 Å². The normalized spacial score (nSPS) is 11.8. The molecule has 1 aromatic carbocycles. The molecule has 1 aromatic rings. The van der Waals surface area contributed by atoms with Gasteiger partial charge in [-0.2, -0.15) is 0 Å². The molecule has 0 bridgehead atoms. The number of carbonyl (C=O) groups excluding carboxylic acids is 1. The van der Waals surface area contributed by atoms with Crippen LogP contribution in [0.15, 0.2) is 18.2 Å². The molecule has 20 heavy (non-hydrogen) atoms. The van der Waals surface area contributed by atoms with Gasteiger partial charge in [-0.3, -0.25) is 4.79 Å². The molecule has 0 saturated carbocycles. The smallest absolute Gasteiger partial charge is 0.255 e. The molecule has 1 atom stereocenters. The second-order valence-electron chi connectivity index (χ2n) is 4.27. The second-order valence-corrected chi connectivity index (χ2v) is 4.27. The largest absolute Gasteiger partial charge is 0.497 e. The van der Waals surface area contributed by atoms with Crippen molar-refractivity contribution in [2.24, 2.45) is 5.73 Å². The summed E-state index contributed by atoms with van der Waals surface area (Å²) in [6.45, 7) is 0.898. The highest BCUT2D eigenvalue weighted by Crippen LogP contribution is 2.24. The van der Waals surface area contributed by atoms with E-state index in [2.05, 4.69) is 5.32 Å². The van der Waals surface area contributed by atoms with Gasteiger partial charge in [-0.25, -0.2) is 0 Å². The van der Waals surface area contributed by atoms with E-state index in [4.69, 9.17) is 19.9 Å². The maximum absolute atomic E-state index is 12.3. The van der Waals surface area contributed by atoms with Crippen LogP contribution in [0.2, 0.25) is 0 Å². The quantitative estimate of drug-likeness (QED) is 0.737. The number of methoxy groups -OCH3 is 3. The van der Waals surface area contributed by atoms with Crippen LogP contribution in [0.3, 0.4) is 0 Å². The van der Waals surface area contributed by atoms with Crippen LogP contribution in [0, 0.1) is 0 Å². The number of hydrogen-bond donors (Lipinski definition) is 2. The number of nitrogens with two attached hydrogens (primary N) is 1. The zero-order valence-corrected chi connectivity index (χ0v) is 12.1. The lowest BCUT2D eigenvalue weighted by molar-refractivity contribution is 0.0890. The molecule has 3 N–H and O–H groups in total. The Hall–Kier alpha value is -1.79. The van der Waals surface area contributed by atoms with E-state index in [-0.39, 0.29) is 11.9 Å². The van der Waals surface area contributed by atoms with Crippen molar-refractivity contribution in [2.75, 3.05) is 34.5 Å². The maximum atomic E-state index is 12.3. The lowest BCUT2D eigenvalue weighted by Crippen LogP contribution is -2.39. The Bertz CT molecular complexity index is 431. The molecule has 0 spiro atoms. The summed E-state index contributed by atoms with van der Waals surface area (Å²) in [6, 6.07) is 4.93. The van der Waals surface area contributed by atoms with Crippen LogP contribution in [0.4, 0.5) is 0 Å². The first kappa shape index (κ1) is 16.3. The summed E-state index contributed by atoms with van der Waals surface area (Å²) in [5.74, 6) is 0.875. The fraction of sp³-hybridized carbons (Fsp3) is 0.500. The Labute approximate surface area is 119 Å². The van der Waals surface area contributed by atoms with E-state index in [1.165, 1.54) is 7.11 Å². The zero-order valence-electron chi connectivity index (χ0n) is 12.1. The monoisotopic (exact) mass is 282 g/mol. The van der Waals surface area contributed by atoms with Crippen LogP contribution in [0.1, 0.15) is 16.8 Å². The van der Waals surface area contributed by atoms with E-state index in [1.807, 2.05) is 0 Å². The van der Waals surface area contributed by atoms with E-state index in [0.717, 1.165) is 0 Å². The minimum atomic E-state index is -0.222. The predicted octanol–water partition coefficient (Wildman–Crippen LogP) is 0.797. The van der Waals surface area contributed by atoms with Gasteiger partial charge in [-0.15, -0.1) is 0 Å². The number of ether oxygens (including phenoxy) is 3. The number of benzene rings is 1. The first-order valence-corrected chi connectivity index (χ1v) is 6.38. The predicted molar refractivity (Wildman–Crippen MR) is 76.3 cm³/mol. The number of nitrogens with one attached hydrogen (secondary N) is 1. The molecule has 0 aliphatic carbocycles. The van der Waals surface area contributed by atoms with Crippen LogP contribution >= 0.6 is 0 Å². The summed E-state index contributed by atoms with van der Waals surface area (Å²) < 4.78 is 15.4. The van der Waals surface area contributed by atoms with Crippen molar-refractivity contribution in [3.8, 4) is 11.5 Å². The van der Waals surface area contributed by atoms with Gasteiger partial charge in [0.25, 0.3) is 5.91 Å². The molecule has 0 heterocycles. The molecular weight excluding hydrogens is 260 g/mol. The molecule has 6 heteroatoms. The molecule has 0 radical (unpaired) electrons. The van der Waals surface area contributed by atoms with E-state index >= 15 is 0 Å². The summed E-state index contributed by atoms with van der Waals surface area (Å²) in [5, 5.41) is 2.88. The molecule has 1 amide bonds. The molecule has 1 rings (SSSR count). The van der Waals surface area contributed by atoms with E-state index < -0.39 is 0 Å². The van der Waals surface area contributed by atoms with Crippen molar-refractivity contribution in [3.63, 3.8) is 0 Å². The highest BCUT2D eigenvalue weighted by Gasteiger charge is 2.17. The SMILES string of the molecule is COCC(CCN)NC(=O)c1ccc(OC)cc1OC. The van der Waals surface area contributed by atoms with Gasteiger partial charge in [0.1, 0.15) is 11.5 Å². The topological polar surface area (TPSA) is 82.8 Å². The average Bonchev–Trinajstić information content (AvgIpc) is 2.46. The Morgan fingerprint density at radius 3 is 2.60 bits per heavy atom. The maximum Gasteiger partial charge on any atom is 0.255 e. The van der Waals surface area contributed by atoms with Crippen molar-refractivity contribution in [1.82, 2.24) is 5.32 Å². The van der Waals surface area contributed by atoms with Crippen molar-refractivity contribution in [2.45, 2.75) is 12.5 Å². The van der Waals surface area contributed by atoms with Crippen LogP contribution in [0.5, 0.6) is 11.5 Å². The third kappa shape index (κ3) is 4.40. The van der Waals surface area contributed by atoms with Gasteiger partial charge >= 0.3 is 0 Å². The van der Waals surface area contributed by atoms with Crippen LogP contribution in [0.25, 0.3) is 0 Å². The molecule has 0 fully saturated rings. The Balaban J connectivity index is 2.85. The second kappa shape index (κ2) is 8.39. The molecular formula is C14H22N2O4. The van der Waals surface area contributed by atoms with Gasteiger partial charge in [-0.1, -0.05) is 0 Å². The molecule has 1 unspecified atom stereocenters. The summed E-state index contributed by atoms with van der Waals surface area (Å²) in [4.78, 5) is 12.3. The van der Waals surface area contributed by atoms with Crippen molar-refractivity contribution in [3.05, 3.63) is 23.8 Å². The molecule has 0 saturated heterocycles. The summed E-state index contributed by atoms with van der Waals surface area (Å²) in [7, 11) is 4.66. The highest BCUT2D eigenvalue weighted by molar-refractivity contribution is 5.97. The summed E-state index contributed by atoms with van der Waals surface area (Å²) in [6.07, 6.45) is 0.651. The number of hydrogen-bond acceptors (Lipinski definition) is 5. The third-order valence-electron chi connectivity index (χ3n) is 2.87. The Kier molecular flexibility index (Phi) is 6.83. The van der Waals surface area contributed by atoms with E-state index in [1.54, 1.807) is 32.4 Å². The van der Waals surface area contributed by atoms with Crippen LogP contribution in [-0.2, 0) is 4.74 Å². The van der Waals surface area contributed by atoms with E-state index in [0.29, 0.717) is 36.6 Å². The molecule has 6 nitrogen and oxygen atoms in total. The van der Waals surface area contributed by atoms with Crippen molar-refractivity contribution < 1.29 is 19.0 Å². The highest BCUT2D eigenvalue weighted by atomic mass is 16.5. The zero-order chi connectivity index (χ0) is 15.0. The molecule has 0 aliphatic heterocycles. The average molecular weight is 282 g/mol. The van der Waals surface area contributed by atoms with Crippen molar-refractivity contribution >= 4 is 5.91 Å². The lowest BCUT2D eigenvalue weighted by atomic mass is 10.1. The molecule has 0 aromatic heterocycles. The molecule has 112 valence electrons. The van der Waals surface area contributed by atoms with Crippen LogP contribution < -0.4 is 20.5 Å². The van der Waals surface area contributed by atoms with Crippen molar-refractivity contribution in [1.29, 1.82) is 0 Å². The minimum absolute atomic E-state index is 0.121. The fourth-order valence-electron chi connectivity index (χ4n) is 1.85. The summed E-state index contributed by atoms with van der Waals surface area (Å²) in [5.41, 5.74) is 5.97. The van der Waals surface area contributed by atoms with Gasteiger partial charge in [0.05, 0.1) is 32.4 Å². The van der Waals surface area contributed by atoms with Gasteiger partial charge in [-0.05, 0) is 25.1 Å². The van der Waals surface area contributed by atoms with Gasteiger partial charge < -0.3 is 25.3 Å². The fourth-order valence-corrected chi connectivity index (χ4v) is 1.85. The number of rotatable bonds is 8. The first-order valence-electron chi connectivity index (χ1n) is 6.38. The summed E-state index contributed by atoms with van der Waals surface area (Å²) >= 11 is 0. The lowest BCUT2D eigenvalue weighted by Gasteiger charge is -2.18. The first-order chi connectivity index (χ1) is 9.65. The standard InChI is InChI=1S/C14H22N2O4/c1-18-9-10(6-7-15)16-14(17)12-5-4-11(19-2)8-13(12)20-3/h4-5,8,10H,6-7,9,15H2,1-3H3,(H,16,17). The van der Waals surface area contributed by atoms with Gasteiger partial charge in [0, 0.05) is 13.2 Å². The van der Waals surface area contributed by atoms with Gasteiger partial charge in [0.15, 0.2) is 0 Å². The number of carbonyl (C=O) groups is 1. The number of amides is 1. The van der Waals surface area contributed by atoms with Gasteiger partial charge in [0.2, 0.25) is 0 Å². The Morgan fingerprint density at radius 1 is 1.30 bits per heavy atom.